The topological polar surface area (TPSA) is 36.3 Å². The van der Waals surface area contributed by atoms with Gasteiger partial charge in [-0.15, -0.1) is 0 Å². The van der Waals surface area contributed by atoms with Crippen LogP contribution in [0.2, 0.25) is 0 Å². The molecule has 0 bridgehead atoms. The minimum atomic E-state index is -4.62. The molecule has 1 aliphatic carbocycles. The molecular weight excluding hydrogens is 435 g/mol. The Morgan fingerprint density at radius 3 is 1.91 bits per heavy atom. The molecule has 2 fully saturated rings. The monoisotopic (exact) mass is 466 g/mol. The number of hydrogen-bond donors (Lipinski definition) is 0. The number of alkyl halides is 4. The summed E-state index contributed by atoms with van der Waals surface area (Å²) in [6.07, 6.45) is 1.15. The quantitative estimate of drug-likeness (QED) is 0.405. The van der Waals surface area contributed by atoms with E-state index in [1.807, 2.05) is 27.7 Å². The van der Waals surface area contributed by atoms with Crippen molar-refractivity contribution in [2.45, 2.75) is 95.7 Å². The molecule has 180 valence electrons. The summed E-state index contributed by atoms with van der Waals surface area (Å²) >= 11 is 0. The van der Waals surface area contributed by atoms with Crippen molar-refractivity contribution < 1.29 is 26.9 Å². The normalized spacial score (nSPS) is 22.7. The Labute approximate surface area is 192 Å². The van der Waals surface area contributed by atoms with Crippen molar-refractivity contribution in [2.75, 3.05) is 0 Å². The maximum Gasteiger partial charge on any atom is 0.514 e. The zero-order chi connectivity index (χ0) is 24.1. The van der Waals surface area contributed by atoms with Crippen molar-refractivity contribution in [3.63, 3.8) is 0 Å². The first-order chi connectivity index (χ1) is 15.3. The molecule has 0 radical (unpaired) electrons. The summed E-state index contributed by atoms with van der Waals surface area (Å²) in [6.45, 7) is 7.34. The van der Waals surface area contributed by atoms with E-state index in [0.717, 1.165) is 38.2 Å². The zero-order valence-electron chi connectivity index (χ0n) is 19.6. The highest BCUT2D eigenvalue weighted by molar-refractivity contribution is 6.61. The van der Waals surface area contributed by atoms with Crippen molar-refractivity contribution in [3.8, 4) is 5.69 Å². The van der Waals surface area contributed by atoms with Crippen LogP contribution < -0.4 is 5.59 Å². The Morgan fingerprint density at radius 2 is 1.39 bits per heavy atom. The van der Waals surface area contributed by atoms with E-state index >= 15 is 4.39 Å². The van der Waals surface area contributed by atoms with Gasteiger partial charge in [0, 0.05) is 0 Å². The van der Waals surface area contributed by atoms with Crippen molar-refractivity contribution in [2.24, 2.45) is 0 Å². The standard InChI is InChI=1S/C24H31BF4N2O2/c1-21(2)22(3,4)33-25(32-21)20-16-19(24(27,28)29)30-31(20)18-12-10-17(11-13-18)23(26)14-8-6-5-7-9-15-23/h10-13,16H,5-9,14-15H2,1-4H3. The van der Waals surface area contributed by atoms with Crippen LogP contribution in [-0.4, -0.2) is 28.1 Å². The molecule has 4 nitrogen and oxygen atoms in total. The first-order valence-electron chi connectivity index (χ1n) is 11.7. The summed E-state index contributed by atoms with van der Waals surface area (Å²) < 4.78 is 69.4. The van der Waals surface area contributed by atoms with E-state index < -0.39 is 35.9 Å². The summed E-state index contributed by atoms with van der Waals surface area (Å²) in [5.74, 6) is 0. The Hall–Kier alpha value is -1.87. The molecule has 0 amide bonds. The van der Waals surface area contributed by atoms with Gasteiger partial charge in [0.1, 0.15) is 5.67 Å². The first kappa shape index (κ1) is 24.3. The maximum atomic E-state index is 15.7. The number of rotatable bonds is 3. The van der Waals surface area contributed by atoms with Crippen molar-refractivity contribution >= 4 is 12.7 Å². The van der Waals surface area contributed by atoms with Crippen molar-refractivity contribution in [3.05, 3.63) is 41.6 Å². The van der Waals surface area contributed by atoms with Gasteiger partial charge in [0.25, 0.3) is 0 Å². The lowest BCUT2D eigenvalue weighted by Gasteiger charge is -2.32. The highest BCUT2D eigenvalue weighted by atomic mass is 19.4. The van der Waals surface area contributed by atoms with E-state index in [2.05, 4.69) is 5.10 Å². The van der Waals surface area contributed by atoms with Gasteiger partial charge in [-0.2, -0.15) is 18.3 Å². The van der Waals surface area contributed by atoms with E-state index in [9.17, 15) is 13.2 Å². The van der Waals surface area contributed by atoms with Gasteiger partial charge in [-0.05, 0) is 77.1 Å². The van der Waals surface area contributed by atoms with Crippen LogP contribution in [0.25, 0.3) is 5.69 Å². The summed E-state index contributed by atoms with van der Waals surface area (Å²) in [5.41, 5.74) is -2.76. The lowest BCUT2D eigenvalue weighted by molar-refractivity contribution is -0.141. The molecular formula is C24H31BF4N2O2. The largest absolute Gasteiger partial charge is 0.514 e. The lowest BCUT2D eigenvalue weighted by Crippen LogP contribution is -2.41. The smallest absolute Gasteiger partial charge is 0.398 e. The first-order valence-corrected chi connectivity index (χ1v) is 11.7. The average Bonchev–Trinajstić information content (AvgIpc) is 3.24. The van der Waals surface area contributed by atoms with Gasteiger partial charge in [0.05, 0.1) is 22.5 Å². The molecule has 0 N–H and O–H groups in total. The number of nitrogens with zero attached hydrogens (tertiary/aromatic N) is 2. The van der Waals surface area contributed by atoms with Crippen molar-refractivity contribution in [1.82, 2.24) is 9.78 Å². The van der Waals surface area contributed by atoms with Crippen molar-refractivity contribution in [1.29, 1.82) is 0 Å². The molecule has 33 heavy (non-hydrogen) atoms. The van der Waals surface area contributed by atoms with E-state index in [-0.39, 0.29) is 5.59 Å². The fourth-order valence-electron chi connectivity index (χ4n) is 4.53. The summed E-state index contributed by atoms with van der Waals surface area (Å²) in [5, 5.41) is 3.82. The van der Waals surface area contributed by atoms with Gasteiger partial charge in [0.2, 0.25) is 0 Å². The fourth-order valence-corrected chi connectivity index (χ4v) is 4.53. The van der Waals surface area contributed by atoms with Crippen LogP contribution in [0.3, 0.4) is 0 Å². The second-order valence-corrected chi connectivity index (χ2v) is 10.2. The van der Waals surface area contributed by atoms with Gasteiger partial charge >= 0.3 is 13.3 Å². The highest BCUT2D eigenvalue weighted by Gasteiger charge is 2.53. The minimum absolute atomic E-state index is 0.148. The van der Waals surface area contributed by atoms with E-state index in [1.165, 1.54) is 4.68 Å². The van der Waals surface area contributed by atoms with Crippen LogP contribution in [0.1, 0.15) is 83.9 Å². The number of benzene rings is 1. The van der Waals surface area contributed by atoms with Gasteiger partial charge in [-0.1, -0.05) is 31.4 Å². The Morgan fingerprint density at radius 1 is 0.879 bits per heavy atom. The predicted octanol–water partition coefficient (Wildman–Crippen LogP) is 6.10. The molecule has 1 aliphatic heterocycles. The molecule has 1 saturated heterocycles. The van der Waals surface area contributed by atoms with Gasteiger partial charge in [-0.3, -0.25) is 0 Å². The molecule has 1 aromatic heterocycles. The zero-order valence-corrected chi connectivity index (χ0v) is 19.6. The molecule has 2 aromatic rings. The van der Waals surface area contributed by atoms with Crippen LogP contribution >= 0.6 is 0 Å². The lowest BCUT2D eigenvalue weighted by atomic mass is 9.83. The highest BCUT2D eigenvalue weighted by Crippen LogP contribution is 2.40. The molecule has 1 saturated carbocycles. The Bertz CT molecular complexity index is 961. The molecule has 0 atom stereocenters. The number of hydrogen-bond acceptors (Lipinski definition) is 3. The van der Waals surface area contributed by atoms with Gasteiger partial charge < -0.3 is 9.31 Å². The third-order valence-corrected chi connectivity index (χ3v) is 7.30. The minimum Gasteiger partial charge on any atom is -0.398 e. The predicted molar refractivity (Wildman–Crippen MR) is 119 cm³/mol. The molecule has 2 heterocycles. The van der Waals surface area contributed by atoms with Crippen LogP contribution in [0, 0.1) is 0 Å². The summed E-state index contributed by atoms with van der Waals surface area (Å²) in [6, 6.07) is 7.54. The van der Waals surface area contributed by atoms with Crippen LogP contribution in [0.15, 0.2) is 30.3 Å². The molecule has 0 unspecified atom stereocenters. The number of aromatic nitrogens is 2. The Kier molecular flexibility index (Phi) is 6.19. The SMILES string of the molecule is CC1(C)OB(c2cc(C(F)(F)F)nn2-c2ccc(C3(F)CCCCCCC3)cc2)OC1(C)C. The van der Waals surface area contributed by atoms with Gasteiger partial charge in [0.15, 0.2) is 5.69 Å². The molecule has 9 heteroatoms. The van der Waals surface area contributed by atoms with Gasteiger partial charge in [-0.25, -0.2) is 9.07 Å². The third-order valence-electron chi connectivity index (χ3n) is 7.30. The second-order valence-electron chi connectivity index (χ2n) is 10.2. The van der Waals surface area contributed by atoms with Crippen LogP contribution in [0.4, 0.5) is 17.6 Å². The van der Waals surface area contributed by atoms with E-state index in [4.69, 9.17) is 9.31 Å². The molecule has 1 aromatic carbocycles. The molecule has 4 rings (SSSR count). The third kappa shape index (κ3) is 4.71. The molecule has 0 spiro atoms. The summed E-state index contributed by atoms with van der Waals surface area (Å²) in [4.78, 5) is 0. The van der Waals surface area contributed by atoms with E-state index in [0.29, 0.717) is 24.1 Å². The van der Waals surface area contributed by atoms with Crippen LogP contribution in [-0.2, 0) is 21.2 Å². The fraction of sp³-hybridized carbons (Fsp3) is 0.625. The summed E-state index contributed by atoms with van der Waals surface area (Å²) in [7, 11) is -1.02. The second kappa shape index (κ2) is 8.41. The number of halogens is 4. The average molecular weight is 466 g/mol. The Balaban J connectivity index is 1.69. The molecule has 2 aliphatic rings. The maximum absolute atomic E-state index is 15.7. The van der Waals surface area contributed by atoms with E-state index in [1.54, 1.807) is 24.3 Å². The van der Waals surface area contributed by atoms with Crippen LogP contribution in [0.5, 0.6) is 0 Å².